The number of urea groups is 1. The first-order chi connectivity index (χ1) is 11.5. The second-order valence-electron chi connectivity index (χ2n) is 5.68. The Hall–Kier alpha value is -3.15. The van der Waals surface area contributed by atoms with Crippen molar-refractivity contribution in [2.24, 2.45) is 5.73 Å². The van der Waals surface area contributed by atoms with Crippen molar-refractivity contribution in [1.82, 2.24) is 4.90 Å². The molecule has 0 radical (unpaired) electrons. The topological polar surface area (TPSA) is 101 Å². The average Bonchev–Trinajstić information content (AvgIpc) is 2.94. The van der Waals surface area contributed by atoms with Gasteiger partial charge in [-0.1, -0.05) is 54.6 Å². The maximum absolute atomic E-state index is 12.4. The van der Waals surface area contributed by atoms with Gasteiger partial charge in [-0.3, -0.25) is 4.79 Å². The third-order valence-electron chi connectivity index (χ3n) is 4.25. The zero-order valence-corrected chi connectivity index (χ0v) is 12.8. The van der Waals surface area contributed by atoms with Crippen molar-refractivity contribution in [3.63, 3.8) is 0 Å². The van der Waals surface area contributed by atoms with Crippen LogP contribution in [-0.2, 0) is 9.59 Å². The lowest BCUT2D eigenvalue weighted by Gasteiger charge is -2.16. The molecule has 1 fully saturated rings. The van der Waals surface area contributed by atoms with E-state index in [1.807, 2.05) is 42.5 Å². The summed E-state index contributed by atoms with van der Waals surface area (Å²) in [4.78, 5) is 35.7. The average molecular weight is 324 g/mol. The van der Waals surface area contributed by atoms with Crippen molar-refractivity contribution in [3.8, 4) is 11.1 Å². The summed E-state index contributed by atoms with van der Waals surface area (Å²) >= 11 is 0. The predicted molar refractivity (Wildman–Crippen MR) is 87.1 cm³/mol. The number of rotatable bonds is 3. The van der Waals surface area contributed by atoms with E-state index in [1.54, 1.807) is 12.1 Å². The van der Waals surface area contributed by atoms with Gasteiger partial charge < -0.3 is 10.8 Å². The first-order valence-electron chi connectivity index (χ1n) is 7.49. The second-order valence-corrected chi connectivity index (χ2v) is 5.68. The maximum atomic E-state index is 12.4. The van der Waals surface area contributed by atoms with Crippen LogP contribution < -0.4 is 5.73 Å². The Kier molecular flexibility index (Phi) is 4.04. The molecule has 0 aromatic heterocycles. The van der Waals surface area contributed by atoms with Gasteiger partial charge in [0.1, 0.15) is 6.04 Å². The van der Waals surface area contributed by atoms with Gasteiger partial charge in [0.2, 0.25) is 5.91 Å². The van der Waals surface area contributed by atoms with Gasteiger partial charge in [0.05, 0.1) is 5.92 Å². The van der Waals surface area contributed by atoms with Crippen LogP contribution in [0.4, 0.5) is 4.79 Å². The number of imide groups is 1. The first-order valence-corrected chi connectivity index (χ1v) is 7.49. The van der Waals surface area contributed by atoms with E-state index in [-0.39, 0.29) is 6.42 Å². The van der Waals surface area contributed by atoms with E-state index in [2.05, 4.69) is 0 Å². The van der Waals surface area contributed by atoms with E-state index in [9.17, 15) is 19.5 Å². The Bertz CT molecular complexity index is 786. The number of nitrogens with two attached hydrogens (primary N) is 1. The van der Waals surface area contributed by atoms with Crippen LogP contribution in [0.2, 0.25) is 0 Å². The molecule has 3 N–H and O–H groups in total. The molecule has 1 aliphatic rings. The zero-order chi connectivity index (χ0) is 17.3. The van der Waals surface area contributed by atoms with Crippen LogP contribution in [0.25, 0.3) is 11.1 Å². The third kappa shape index (κ3) is 2.74. The summed E-state index contributed by atoms with van der Waals surface area (Å²) in [5, 5.41) is 9.21. The van der Waals surface area contributed by atoms with Crippen molar-refractivity contribution >= 4 is 17.9 Å². The quantitative estimate of drug-likeness (QED) is 0.903. The molecule has 2 aromatic rings. The lowest BCUT2D eigenvalue weighted by Crippen LogP contribution is -2.46. The molecule has 1 saturated heterocycles. The van der Waals surface area contributed by atoms with Crippen LogP contribution in [-0.4, -0.2) is 34.0 Å². The lowest BCUT2D eigenvalue weighted by molar-refractivity contribution is -0.144. The number of carboxylic acid groups (broad SMARTS) is 1. The molecule has 0 unspecified atom stereocenters. The van der Waals surface area contributed by atoms with E-state index in [4.69, 9.17) is 5.73 Å². The van der Waals surface area contributed by atoms with Gasteiger partial charge in [-0.2, -0.15) is 0 Å². The summed E-state index contributed by atoms with van der Waals surface area (Å²) in [5.41, 5.74) is 7.87. The largest absolute Gasteiger partial charge is 0.480 e. The second kappa shape index (κ2) is 6.16. The zero-order valence-electron chi connectivity index (χ0n) is 12.8. The molecule has 0 aliphatic carbocycles. The van der Waals surface area contributed by atoms with E-state index < -0.39 is 29.9 Å². The fourth-order valence-electron chi connectivity index (χ4n) is 3.04. The Balaban J connectivity index is 1.88. The van der Waals surface area contributed by atoms with E-state index >= 15 is 0 Å². The van der Waals surface area contributed by atoms with Crippen molar-refractivity contribution in [2.45, 2.75) is 18.4 Å². The highest BCUT2D eigenvalue weighted by Gasteiger charge is 2.46. The number of nitrogens with zero attached hydrogens (tertiary/aromatic N) is 1. The third-order valence-corrected chi connectivity index (χ3v) is 4.25. The number of primary amides is 1. The van der Waals surface area contributed by atoms with Crippen LogP contribution in [0, 0.1) is 0 Å². The van der Waals surface area contributed by atoms with Crippen LogP contribution in [0.1, 0.15) is 17.9 Å². The normalized spacial score (nSPS) is 20.2. The minimum atomic E-state index is -1.23. The molecular formula is C18H16N2O4. The summed E-state index contributed by atoms with van der Waals surface area (Å²) in [6, 6.07) is 14.8. The predicted octanol–water partition coefficient (Wildman–Crippen LogP) is 2.20. The molecular weight excluding hydrogens is 308 g/mol. The van der Waals surface area contributed by atoms with Gasteiger partial charge in [-0.25, -0.2) is 14.5 Å². The number of benzene rings is 2. The van der Waals surface area contributed by atoms with Gasteiger partial charge in [0.25, 0.3) is 0 Å². The van der Waals surface area contributed by atoms with Crippen molar-refractivity contribution < 1.29 is 19.5 Å². The minimum absolute atomic E-state index is 0.0296. The summed E-state index contributed by atoms with van der Waals surface area (Å²) < 4.78 is 0. The Morgan fingerprint density at radius 2 is 1.58 bits per heavy atom. The molecule has 3 rings (SSSR count). The number of carboxylic acids is 1. The standard InChI is InChI=1S/C18H16N2O4/c19-18(24)20-15(17(22)23)10-14(16(20)21)13-8-6-12(7-9-13)11-4-2-1-3-5-11/h1-9,14-15H,10H2,(H2,19,24)(H,22,23)/t14-,15+/m0/s1. The fourth-order valence-corrected chi connectivity index (χ4v) is 3.04. The summed E-state index contributed by atoms with van der Waals surface area (Å²) in [5.74, 6) is -2.48. The van der Waals surface area contributed by atoms with Crippen molar-refractivity contribution in [3.05, 3.63) is 60.2 Å². The Morgan fingerprint density at radius 3 is 2.08 bits per heavy atom. The van der Waals surface area contributed by atoms with Gasteiger partial charge >= 0.3 is 12.0 Å². The number of amides is 3. The fraction of sp³-hybridized carbons (Fsp3) is 0.167. The molecule has 1 aliphatic heterocycles. The number of hydrogen-bond donors (Lipinski definition) is 2. The van der Waals surface area contributed by atoms with E-state index in [1.165, 1.54) is 0 Å². The minimum Gasteiger partial charge on any atom is -0.480 e. The summed E-state index contributed by atoms with van der Waals surface area (Å²) in [6.07, 6.45) is 0.0296. The van der Waals surface area contributed by atoms with Gasteiger partial charge in [-0.05, 0) is 23.1 Å². The van der Waals surface area contributed by atoms with Gasteiger partial charge in [0, 0.05) is 0 Å². The van der Waals surface area contributed by atoms with E-state index in [0.29, 0.717) is 10.5 Å². The van der Waals surface area contributed by atoms with Crippen LogP contribution in [0.3, 0.4) is 0 Å². The SMILES string of the molecule is NC(=O)N1C(=O)[C@H](c2ccc(-c3ccccc3)cc2)C[C@@H]1C(=O)O. The number of aliphatic carboxylic acids is 1. The summed E-state index contributed by atoms with van der Waals surface area (Å²) in [7, 11) is 0. The molecule has 24 heavy (non-hydrogen) atoms. The molecule has 2 atom stereocenters. The maximum Gasteiger partial charge on any atom is 0.327 e. The molecule has 122 valence electrons. The van der Waals surface area contributed by atoms with Crippen LogP contribution in [0.15, 0.2) is 54.6 Å². The number of carbonyl (C=O) groups is 3. The van der Waals surface area contributed by atoms with Gasteiger partial charge in [0.15, 0.2) is 0 Å². The smallest absolute Gasteiger partial charge is 0.327 e. The van der Waals surface area contributed by atoms with Crippen molar-refractivity contribution in [2.75, 3.05) is 0 Å². The molecule has 3 amide bonds. The van der Waals surface area contributed by atoms with Crippen LogP contribution in [0.5, 0.6) is 0 Å². The van der Waals surface area contributed by atoms with Gasteiger partial charge in [-0.15, -0.1) is 0 Å². The molecule has 0 saturated carbocycles. The lowest BCUT2D eigenvalue weighted by atomic mass is 9.94. The van der Waals surface area contributed by atoms with E-state index in [0.717, 1.165) is 11.1 Å². The molecule has 6 heteroatoms. The van der Waals surface area contributed by atoms with Crippen LogP contribution >= 0.6 is 0 Å². The highest BCUT2D eigenvalue weighted by molar-refractivity contribution is 6.03. The Morgan fingerprint density at radius 1 is 1.00 bits per heavy atom. The highest BCUT2D eigenvalue weighted by Crippen LogP contribution is 2.34. The highest BCUT2D eigenvalue weighted by atomic mass is 16.4. The molecule has 0 bridgehead atoms. The molecule has 6 nitrogen and oxygen atoms in total. The molecule has 2 aromatic carbocycles. The van der Waals surface area contributed by atoms with Crippen molar-refractivity contribution in [1.29, 1.82) is 0 Å². The molecule has 0 spiro atoms. The first kappa shape index (κ1) is 15.7. The monoisotopic (exact) mass is 324 g/mol. The Labute approximate surface area is 138 Å². The number of likely N-dealkylation sites (tertiary alicyclic amines) is 1. The molecule has 1 heterocycles. The number of carbonyl (C=O) groups excluding carboxylic acids is 2. The summed E-state index contributed by atoms with van der Waals surface area (Å²) in [6.45, 7) is 0. The number of hydrogen-bond acceptors (Lipinski definition) is 3.